The molecule has 0 saturated carbocycles. The first kappa shape index (κ1) is 24.6. The van der Waals surface area contributed by atoms with Gasteiger partial charge in [-0.3, -0.25) is 9.59 Å². The molecule has 0 radical (unpaired) electrons. The Hall–Kier alpha value is -4.00. The van der Waals surface area contributed by atoms with Crippen LogP contribution in [0.5, 0.6) is 17.2 Å². The molecule has 0 aliphatic carbocycles. The van der Waals surface area contributed by atoms with Crippen molar-refractivity contribution < 1.29 is 23.8 Å². The van der Waals surface area contributed by atoms with Crippen molar-refractivity contribution in [2.24, 2.45) is 0 Å². The summed E-state index contributed by atoms with van der Waals surface area (Å²) in [4.78, 5) is 25.2. The van der Waals surface area contributed by atoms with E-state index >= 15 is 0 Å². The van der Waals surface area contributed by atoms with Crippen molar-refractivity contribution in [2.45, 2.75) is 19.4 Å². The van der Waals surface area contributed by atoms with Crippen LogP contribution in [0.4, 0.5) is 5.69 Å². The standard InChI is InChI=1S/C27H30N2O5/c1-18(19-8-6-5-7-9-19)29-27(31)20-10-12-22(13-11-20)28-15-14-23(30)21-16-24(32-2)26(34-4)25(17-21)33-3/h5-13,16-18,28H,14-15H2,1-4H3,(H,29,31). The molecule has 2 N–H and O–H groups in total. The zero-order valence-electron chi connectivity index (χ0n) is 19.9. The molecule has 178 valence electrons. The van der Waals surface area contributed by atoms with Gasteiger partial charge in [-0.2, -0.15) is 0 Å². The van der Waals surface area contributed by atoms with Crippen molar-refractivity contribution in [3.05, 3.63) is 83.4 Å². The average Bonchev–Trinajstić information content (AvgIpc) is 2.88. The van der Waals surface area contributed by atoms with Crippen LogP contribution in [-0.4, -0.2) is 39.6 Å². The quantitative estimate of drug-likeness (QED) is 0.395. The van der Waals surface area contributed by atoms with Gasteiger partial charge in [-0.05, 0) is 48.9 Å². The molecule has 3 aromatic rings. The largest absolute Gasteiger partial charge is 0.493 e. The molecule has 0 spiro atoms. The maximum absolute atomic E-state index is 12.7. The summed E-state index contributed by atoms with van der Waals surface area (Å²) in [7, 11) is 4.54. The molecule has 0 aliphatic heterocycles. The first-order valence-electron chi connectivity index (χ1n) is 11.0. The van der Waals surface area contributed by atoms with Gasteiger partial charge in [-0.25, -0.2) is 0 Å². The Morgan fingerprint density at radius 2 is 1.44 bits per heavy atom. The number of rotatable bonds is 11. The minimum absolute atomic E-state index is 0.0577. The molecule has 0 heterocycles. The van der Waals surface area contributed by atoms with E-state index in [9.17, 15) is 9.59 Å². The molecule has 1 atom stereocenters. The van der Waals surface area contributed by atoms with Gasteiger partial charge >= 0.3 is 0 Å². The average molecular weight is 463 g/mol. The predicted octanol–water partition coefficient (Wildman–Crippen LogP) is 4.89. The number of carbonyl (C=O) groups is 2. The fourth-order valence-corrected chi connectivity index (χ4v) is 3.55. The first-order valence-corrected chi connectivity index (χ1v) is 11.0. The van der Waals surface area contributed by atoms with Crippen molar-refractivity contribution in [1.29, 1.82) is 0 Å². The molecule has 1 unspecified atom stereocenters. The molecule has 1 amide bonds. The van der Waals surface area contributed by atoms with E-state index in [0.717, 1.165) is 11.3 Å². The normalized spacial score (nSPS) is 11.3. The molecular formula is C27H30N2O5. The number of carbonyl (C=O) groups excluding carboxylic acids is 2. The summed E-state index contributed by atoms with van der Waals surface area (Å²) in [5.74, 6) is 1.13. The van der Waals surface area contributed by atoms with Gasteiger partial charge in [0.1, 0.15) is 0 Å². The van der Waals surface area contributed by atoms with Gasteiger partial charge in [-0.1, -0.05) is 30.3 Å². The lowest BCUT2D eigenvalue weighted by Crippen LogP contribution is -2.26. The van der Waals surface area contributed by atoms with Crippen LogP contribution < -0.4 is 24.8 Å². The molecule has 7 heteroatoms. The second-order valence-corrected chi connectivity index (χ2v) is 7.70. The maximum Gasteiger partial charge on any atom is 0.251 e. The zero-order chi connectivity index (χ0) is 24.5. The highest BCUT2D eigenvalue weighted by Gasteiger charge is 2.17. The first-order chi connectivity index (χ1) is 16.5. The number of ketones is 1. The van der Waals surface area contributed by atoms with Crippen LogP contribution in [0.3, 0.4) is 0 Å². The van der Waals surface area contributed by atoms with Crippen molar-refractivity contribution in [2.75, 3.05) is 33.2 Å². The number of ether oxygens (including phenoxy) is 3. The number of benzene rings is 3. The number of amides is 1. The maximum atomic E-state index is 12.7. The van der Waals surface area contributed by atoms with Gasteiger partial charge in [0.15, 0.2) is 17.3 Å². The van der Waals surface area contributed by atoms with Crippen LogP contribution in [0, 0.1) is 0 Å². The zero-order valence-corrected chi connectivity index (χ0v) is 19.9. The Morgan fingerprint density at radius 1 is 0.824 bits per heavy atom. The summed E-state index contributed by atoms with van der Waals surface area (Å²) < 4.78 is 15.9. The summed E-state index contributed by atoms with van der Waals surface area (Å²) in [5.41, 5.74) is 2.92. The summed E-state index contributed by atoms with van der Waals surface area (Å²) in [6, 6.07) is 20.2. The van der Waals surface area contributed by atoms with E-state index in [1.54, 1.807) is 24.3 Å². The Morgan fingerprint density at radius 3 is 2.00 bits per heavy atom. The Balaban J connectivity index is 1.54. The molecule has 0 bridgehead atoms. The van der Waals surface area contributed by atoms with Crippen LogP contribution in [0.2, 0.25) is 0 Å². The minimum Gasteiger partial charge on any atom is -0.493 e. The molecular weight excluding hydrogens is 432 g/mol. The summed E-state index contributed by atoms with van der Waals surface area (Å²) in [6.07, 6.45) is 0.273. The summed E-state index contributed by atoms with van der Waals surface area (Å²) in [6.45, 7) is 2.39. The molecule has 34 heavy (non-hydrogen) atoms. The van der Waals surface area contributed by atoms with Crippen molar-refractivity contribution in [3.8, 4) is 17.2 Å². The van der Waals surface area contributed by atoms with E-state index in [4.69, 9.17) is 14.2 Å². The molecule has 3 aromatic carbocycles. The number of hydrogen-bond donors (Lipinski definition) is 2. The smallest absolute Gasteiger partial charge is 0.251 e. The molecule has 3 rings (SSSR count). The third-order valence-electron chi connectivity index (χ3n) is 5.46. The van der Waals surface area contributed by atoms with E-state index in [-0.39, 0.29) is 24.2 Å². The molecule has 0 aliphatic rings. The van der Waals surface area contributed by atoms with Crippen LogP contribution in [0.1, 0.15) is 45.7 Å². The monoisotopic (exact) mass is 462 g/mol. The van der Waals surface area contributed by atoms with Crippen molar-refractivity contribution >= 4 is 17.4 Å². The van der Waals surface area contributed by atoms with Crippen molar-refractivity contribution in [1.82, 2.24) is 5.32 Å². The molecule has 0 fully saturated rings. The van der Waals surface area contributed by atoms with Crippen LogP contribution >= 0.6 is 0 Å². The highest BCUT2D eigenvalue weighted by molar-refractivity contribution is 5.97. The highest BCUT2D eigenvalue weighted by atomic mass is 16.5. The Labute approximate surface area is 200 Å². The van der Waals surface area contributed by atoms with Crippen LogP contribution in [-0.2, 0) is 0 Å². The van der Waals surface area contributed by atoms with Crippen molar-refractivity contribution in [3.63, 3.8) is 0 Å². The predicted molar refractivity (Wildman–Crippen MR) is 132 cm³/mol. The van der Waals surface area contributed by atoms with Gasteiger partial charge in [0, 0.05) is 29.8 Å². The van der Waals surface area contributed by atoms with Crippen LogP contribution in [0.25, 0.3) is 0 Å². The van der Waals surface area contributed by atoms with E-state index in [1.807, 2.05) is 49.4 Å². The fraction of sp³-hybridized carbons (Fsp3) is 0.259. The van der Waals surface area contributed by atoms with Gasteiger partial charge in [0.05, 0.1) is 27.4 Å². The van der Waals surface area contributed by atoms with E-state index in [0.29, 0.717) is 34.9 Å². The number of anilines is 1. The van der Waals surface area contributed by atoms with E-state index in [2.05, 4.69) is 10.6 Å². The number of nitrogens with one attached hydrogen (secondary N) is 2. The third-order valence-corrected chi connectivity index (χ3v) is 5.46. The summed E-state index contributed by atoms with van der Waals surface area (Å²) >= 11 is 0. The van der Waals surface area contributed by atoms with E-state index < -0.39 is 0 Å². The van der Waals surface area contributed by atoms with E-state index in [1.165, 1.54) is 21.3 Å². The van der Waals surface area contributed by atoms with Crippen LogP contribution in [0.15, 0.2) is 66.7 Å². The lowest BCUT2D eigenvalue weighted by molar-refractivity contribution is 0.0938. The second kappa shape index (κ2) is 11.7. The fourth-order valence-electron chi connectivity index (χ4n) is 3.55. The minimum atomic E-state index is -0.138. The lowest BCUT2D eigenvalue weighted by Gasteiger charge is -2.15. The van der Waals surface area contributed by atoms with Gasteiger partial charge in [-0.15, -0.1) is 0 Å². The molecule has 0 saturated heterocycles. The molecule has 7 nitrogen and oxygen atoms in total. The Kier molecular flexibility index (Phi) is 8.51. The molecule has 0 aromatic heterocycles. The summed E-state index contributed by atoms with van der Waals surface area (Å²) in [5, 5.41) is 6.22. The van der Waals surface area contributed by atoms with Gasteiger partial charge in [0.25, 0.3) is 5.91 Å². The van der Waals surface area contributed by atoms with Gasteiger partial charge in [0.2, 0.25) is 5.75 Å². The lowest BCUT2D eigenvalue weighted by atomic mass is 10.1. The van der Waals surface area contributed by atoms with Gasteiger partial charge < -0.3 is 24.8 Å². The number of Topliss-reactive ketones (excluding diaryl/α,β-unsaturated/α-hetero) is 1. The Bertz CT molecular complexity index is 1090. The second-order valence-electron chi connectivity index (χ2n) is 7.70. The number of hydrogen-bond acceptors (Lipinski definition) is 6. The SMILES string of the molecule is COc1cc(C(=O)CCNc2ccc(C(=O)NC(C)c3ccccc3)cc2)cc(OC)c1OC. The number of methoxy groups -OCH3 is 3. The topological polar surface area (TPSA) is 85.9 Å². The third kappa shape index (κ3) is 6.07. The highest BCUT2D eigenvalue weighted by Crippen LogP contribution is 2.38.